The molecule has 3 aromatic carbocycles. The zero-order valence-electron chi connectivity index (χ0n) is 19.7. The summed E-state index contributed by atoms with van der Waals surface area (Å²) >= 11 is 0. The Hall–Kier alpha value is -3.42. The van der Waals surface area contributed by atoms with E-state index in [1.165, 1.54) is 22.5 Å². The van der Waals surface area contributed by atoms with Crippen molar-refractivity contribution in [2.75, 3.05) is 13.2 Å². The van der Waals surface area contributed by atoms with Gasteiger partial charge < -0.3 is 19.4 Å². The van der Waals surface area contributed by atoms with E-state index >= 15 is 0 Å². The molecule has 3 rings (SSSR count). The molecule has 178 valence electrons. The van der Waals surface area contributed by atoms with Crippen LogP contribution >= 0.6 is 0 Å². The third-order valence-electron chi connectivity index (χ3n) is 5.69. The van der Waals surface area contributed by atoms with Crippen molar-refractivity contribution in [3.8, 4) is 5.75 Å². The van der Waals surface area contributed by atoms with Crippen LogP contribution in [0.2, 0.25) is 5.04 Å². The van der Waals surface area contributed by atoms with Crippen molar-refractivity contribution in [1.82, 2.24) is 0 Å². The summed E-state index contributed by atoms with van der Waals surface area (Å²) in [7, 11) is -2.64. The SMILES string of the molecule is CC(C)(C)[Si](OCCCOc1cc(C(=O)O)cc(C(=O)O)c1)(c1ccccc1)c1ccccc1. The Balaban J connectivity index is 1.78. The van der Waals surface area contributed by atoms with E-state index in [-0.39, 0.29) is 28.5 Å². The van der Waals surface area contributed by atoms with Gasteiger partial charge in [-0.25, -0.2) is 9.59 Å². The minimum atomic E-state index is -2.64. The van der Waals surface area contributed by atoms with Gasteiger partial charge in [0.05, 0.1) is 17.7 Å². The fourth-order valence-corrected chi connectivity index (χ4v) is 8.77. The molecule has 6 nitrogen and oxygen atoms in total. The van der Waals surface area contributed by atoms with Gasteiger partial charge in [-0.15, -0.1) is 0 Å². The summed E-state index contributed by atoms with van der Waals surface area (Å²) in [6.45, 7) is 7.33. The normalized spacial score (nSPS) is 11.7. The average Bonchev–Trinajstić information content (AvgIpc) is 2.81. The topological polar surface area (TPSA) is 93.1 Å². The second kappa shape index (κ2) is 10.7. The molecule has 0 heterocycles. The molecule has 34 heavy (non-hydrogen) atoms. The summed E-state index contributed by atoms with van der Waals surface area (Å²) in [4.78, 5) is 22.6. The lowest BCUT2D eigenvalue weighted by atomic mass is 10.1. The highest BCUT2D eigenvalue weighted by Gasteiger charge is 2.49. The Kier molecular flexibility index (Phi) is 7.91. The highest BCUT2D eigenvalue weighted by molar-refractivity contribution is 6.99. The van der Waals surface area contributed by atoms with Crippen molar-refractivity contribution < 1.29 is 29.0 Å². The van der Waals surface area contributed by atoms with Gasteiger partial charge in [-0.05, 0) is 33.6 Å². The smallest absolute Gasteiger partial charge is 0.335 e. The first kappa shape index (κ1) is 25.2. The molecule has 2 N–H and O–H groups in total. The summed E-state index contributed by atoms with van der Waals surface area (Å²) in [6, 6.07) is 24.4. The minimum Gasteiger partial charge on any atom is -0.493 e. The standard InChI is InChI=1S/C27H30O6Si/c1-27(2,3)34(23-11-6-4-7-12-23,24-13-8-5-9-14-24)33-16-10-15-32-22-18-20(25(28)29)17-21(19-22)26(30)31/h4-9,11-14,17-19H,10,15-16H2,1-3H3,(H,28,29)(H,30,31). The Labute approximate surface area is 200 Å². The fraction of sp³-hybridized carbons (Fsp3) is 0.259. The van der Waals surface area contributed by atoms with Gasteiger partial charge in [0.25, 0.3) is 8.32 Å². The molecule has 0 fully saturated rings. The number of aromatic carboxylic acids is 2. The van der Waals surface area contributed by atoms with Crippen LogP contribution in [0.4, 0.5) is 0 Å². The first-order valence-electron chi connectivity index (χ1n) is 11.1. The van der Waals surface area contributed by atoms with Crippen LogP contribution in [0.25, 0.3) is 0 Å². The van der Waals surface area contributed by atoms with Gasteiger partial charge in [0, 0.05) is 13.0 Å². The lowest BCUT2D eigenvalue weighted by molar-refractivity contribution is 0.0696. The number of rotatable bonds is 10. The highest BCUT2D eigenvalue weighted by atomic mass is 28.4. The lowest BCUT2D eigenvalue weighted by Crippen LogP contribution is -2.66. The first-order valence-corrected chi connectivity index (χ1v) is 13.1. The lowest BCUT2D eigenvalue weighted by Gasteiger charge is -2.43. The molecule has 0 aliphatic carbocycles. The monoisotopic (exact) mass is 478 g/mol. The summed E-state index contributed by atoms with van der Waals surface area (Å²) in [5.74, 6) is -2.20. The van der Waals surface area contributed by atoms with Crippen LogP contribution in [0.1, 0.15) is 47.9 Å². The Morgan fingerprint density at radius 1 is 0.765 bits per heavy atom. The molecule has 0 amide bonds. The molecule has 7 heteroatoms. The van der Waals surface area contributed by atoms with Crippen molar-refractivity contribution in [2.45, 2.75) is 32.2 Å². The van der Waals surface area contributed by atoms with Crippen LogP contribution in [0, 0.1) is 0 Å². The van der Waals surface area contributed by atoms with Gasteiger partial charge in [-0.1, -0.05) is 81.4 Å². The maximum Gasteiger partial charge on any atom is 0.335 e. The molecule has 0 radical (unpaired) electrons. The number of hydrogen-bond acceptors (Lipinski definition) is 4. The Morgan fingerprint density at radius 2 is 1.24 bits per heavy atom. The van der Waals surface area contributed by atoms with Crippen molar-refractivity contribution in [2.24, 2.45) is 0 Å². The van der Waals surface area contributed by atoms with Crippen LogP contribution in [0.15, 0.2) is 78.9 Å². The number of ether oxygens (including phenoxy) is 1. The van der Waals surface area contributed by atoms with Crippen molar-refractivity contribution in [3.05, 3.63) is 90.0 Å². The average molecular weight is 479 g/mol. The predicted molar refractivity (Wildman–Crippen MR) is 134 cm³/mol. The number of carboxylic acids is 2. The number of carboxylic acid groups (broad SMARTS) is 2. The largest absolute Gasteiger partial charge is 0.493 e. The highest BCUT2D eigenvalue weighted by Crippen LogP contribution is 2.36. The van der Waals surface area contributed by atoms with Gasteiger partial charge in [-0.3, -0.25) is 0 Å². The molecule has 0 atom stereocenters. The number of hydrogen-bond donors (Lipinski definition) is 2. The summed E-state index contributed by atoms with van der Waals surface area (Å²) < 4.78 is 12.5. The van der Waals surface area contributed by atoms with Crippen LogP contribution in [-0.4, -0.2) is 43.7 Å². The van der Waals surface area contributed by atoms with E-state index in [4.69, 9.17) is 9.16 Å². The van der Waals surface area contributed by atoms with E-state index in [9.17, 15) is 19.8 Å². The van der Waals surface area contributed by atoms with Crippen molar-refractivity contribution in [3.63, 3.8) is 0 Å². The maximum atomic E-state index is 11.3. The molecule has 0 saturated heterocycles. The van der Waals surface area contributed by atoms with E-state index in [1.807, 2.05) is 36.4 Å². The van der Waals surface area contributed by atoms with Gasteiger partial charge in [0.1, 0.15) is 5.75 Å². The minimum absolute atomic E-state index is 0.126. The van der Waals surface area contributed by atoms with E-state index in [0.717, 1.165) is 6.07 Å². The van der Waals surface area contributed by atoms with Crippen LogP contribution in [0.5, 0.6) is 5.75 Å². The molecule has 0 bridgehead atoms. The van der Waals surface area contributed by atoms with Crippen LogP contribution < -0.4 is 15.1 Å². The van der Waals surface area contributed by atoms with E-state index in [2.05, 4.69) is 45.0 Å². The van der Waals surface area contributed by atoms with Crippen molar-refractivity contribution >= 4 is 30.6 Å². The van der Waals surface area contributed by atoms with Gasteiger partial charge >= 0.3 is 11.9 Å². The van der Waals surface area contributed by atoms with Gasteiger partial charge in [0.2, 0.25) is 0 Å². The molecule has 0 unspecified atom stereocenters. The second-order valence-corrected chi connectivity index (χ2v) is 13.4. The molecular weight excluding hydrogens is 448 g/mol. The van der Waals surface area contributed by atoms with E-state index < -0.39 is 20.3 Å². The molecule has 0 aliphatic rings. The molecule has 0 spiro atoms. The third-order valence-corrected chi connectivity index (χ3v) is 10.7. The molecule has 0 aromatic heterocycles. The number of benzene rings is 3. The summed E-state index contributed by atoms with van der Waals surface area (Å²) in [5, 5.41) is 20.7. The van der Waals surface area contributed by atoms with Crippen LogP contribution in [0.3, 0.4) is 0 Å². The Morgan fingerprint density at radius 3 is 1.65 bits per heavy atom. The quantitative estimate of drug-likeness (QED) is 0.331. The summed E-state index contributed by atoms with van der Waals surface area (Å²) in [6.07, 6.45) is 0.560. The molecule has 3 aromatic rings. The van der Waals surface area contributed by atoms with Crippen molar-refractivity contribution in [1.29, 1.82) is 0 Å². The second-order valence-electron chi connectivity index (χ2n) is 9.07. The van der Waals surface area contributed by atoms with Gasteiger partial charge in [-0.2, -0.15) is 0 Å². The van der Waals surface area contributed by atoms with Crippen LogP contribution in [-0.2, 0) is 4.43 Å². The number of carbonyl (C=O) groups is 2. The molecule has 0 aliphatic heterocycles. The maximum absolute atomic E-state index is 11.3. The fourth-order valence-electron chi connectivity index (χ4n) is 4.17. The summed E-state index contributed by atoms with van der Waals surface area (Å²) in [5.41, 5.74) is -0.253. The first-order chi connectivity index (χ1) is 16.1. The third kappa shape index (κ3) is 5.55. The molecule has 0 saturated carbocycles. The zero-order chi connectivity index (χ0) is 24.8. The Bertz CT molecular complexity index is 1050. The van der Waals surface area contributed by atoms with Gasteiger partial charge in [0.15, 0.2) is 0 Å². The van der Waals surface area contributed by atoms with E-state index in [1.54, 1.807) is 0 Å². The zero-order valence-corrected chi connectivity index (χ0v) is 20.7. The van der Waals surface area contributed by atoms with E-state index in [0.29, 0.717) is 13.0 Å². The predicted octanol–water partition coefficient (Wildman–Crippen LogP) is 4.43. The molecular formula is C27H30O6Si.